The number of aliphatic hydroxyl groups is 3. The molecule has 0 radical (unpaired) electrons. The molecule has 0 aromatic carbocycles. The summed E-state index contributed by atoms with van der Waals surface area (Å²) in [6, 6.07) is 0. The quantitative estimate of drug-likeness (QED) is 0.260. The first kappa shape index (κ1) is 21.6. The van der Waals surface area contributed by atoms with E-state index in [0.717, 1.165) is 0 Å². The van der Waals surface area contributed by atoms with Gasteiger partial charge in [-0.1, -0.05) is 18.7 Å². The number of rotatable bonds is 4. The van der Waals surface area contributed by atoms with Crippen LogP contribution in [0.25, 0.3) is 0 Å². The number of ether oxygens (including phenoxy) is 2. The second kappa shape index (κ2) is 7.29. The first-order valence-electron chi connectivity index (χ1n) is 9.01. The van der Waals surface area contributed by atoms with Crippen molar-refractivity contribution in [2.45, 2.75) is 49.3 Å². The molecule has 28 heavy (non-hydrogen) atoms. The fourth-order valence-electron chi connectivity index (χ4n) is 4.58. The van der Waals surface area contributed by atoms with Crippen LogP contribution < -0.4 is 0 Å². The highest BCUT2D eigenvalue weighted by Gasteiger charge is 2.64. The van der Waals surface area contributed by atoms with Crippen LogP contribution in [0.3, 0.4) is 0 Å². The highest BCUT2D eigenvalue weighted by molar-refractivity contribution is 6.20. The van der Waals surface area contributed by atoms with E-state index in [1.165, 1.54) is 6.92 Å². The van der Waals surface area contributed by atoms with Crippen LogP contribution in [0.4, 0.5) is 0 Å². The third-order valence-corrected chi connectivity index (χ3v) is 7.19. The number of carbonyl (C=O) groups excluding carboxylic acids is 2. The van der Waals surface area contributed by atoms with E-state index >= 15 is 0 Å². The van der Waals surface area contributed by atoms with Crippen molar-refractivity contribution < 1.29 is 34.4 Å². The van der Waals surface area contributed by atoms with Gasteiger partial charge in [0.2, 0.25) is 0 Å². The lowest BCUT2D eigenvalue weighted by Gasteiger charge is -2.37. The fraction of sp³-hybridized carbons (Fsp3) is 0.684. The molecule has 3 aliphatic rings. The Balaban J connectivity index is 2.01. The summed E-state index contributed by atoms with van der Waals surface area (Å²) >= 11 is 11.6. The van der Waals surface area contributed by atoms with Crippen molar-refractivity contribution in [2.75, 3.05) is 11.8 Å². The van der Waals surface area contributed by atoms with Gasteiger partial charge >= 0.3 is 11.9 Å². The average molecular weight is 435 g/mol. The standard InChI is InChI=1S/C19H24Cl2O7/c1-8-4-11(27-17(24)18(3,25)6-20)13-9(2)16(23)28-15(13)14-10(8)5-12(22)19(14,26)7-21/h10-15,22,25-26H,1-2,4-7H2,3H3/t10-,11+,12+,13-,14+,15-,18+,19-/m0/s1. The predicted molar refractivity (Wildman–Crippen MR) is 101 cm³/mol. The molecule has 2 aliphatic carbocycles. The highest BCUT2D eigenvalue weighted by atomic mass is 35.5. The minimum absolute atomic E-state index is 0.0973. The Labute approximate surface area is 172 Å². The number of fused-ring (bicyclic) bond motifs is 3. The Hall–Kier alpha value is -1.12. The summed E-state index contributed by atoms with van der Waals surface area (Å²) in [4.78, 5) is 24.6. The Morgan fingerprint density at radius 3 is 2.64 bits per heavy atom. The highest BCUT2D eigenvalue weighted by Crippen LogP contribution is 2.55. The lowest BCUT2D eigenvalue weighted by Crippen LogP contribution is -2.52. The Kier molecular flexibility index (Phi) is 5.62. The van der Waals surface area contributed by atoms with Gasteiger partial charge in [0.05, 0.1) is 23.8 Å². The minimum atomic E-state index is -1.90. The molecule has 3 rings (SSSR count). The molecule has 8 atom stereocenters. The van der Waals surface area contributed by atoms with Crippen LogP contribution in [0.5, 0.6) is 0 Å². The van der Waals surface area contributed by atoms with Gasteiger partial charge in [-0.2, -0.15) is 0 Å². The summed E-state index contributed by atoms with van der Waals surface area (Å²) in [5, 5.41) is 31.6. The van der Waals surface area contributed by atoms with Crippen LogP contribution in [0.2, 0.25) is 0 Å². The van der Waals surface area contributed by atoms with Crippen molar-refractivity contribution in [3.8, 4) is 0 Å². The SMILES string of the molecule is C=C1C(=O)O[C@H]2[C@@H]1[C@H](OC(=O)[C@](C)(O)CCl)CC(=C)[C@@H]1C[C@@H](O)[C@@](O)(CCl)[C@@H]21. The molecule has 0 unspecified atom stereocenters. The molecule has 0 spiro atoms. The summed E-state index contributed by atoms with van der Waals surface area (Å²) in [5.41, 5.74) is -2.87. The molecule has 0 bridgehead atoms. The lowest BCUT2D eigenvalue weighted by molar-refractivity contribution is -0.172. The second-order valence-electron chi connectivity index (χ2n) is 8.14. The monoisotopic (exact) mass is 434 g/mol. The van der Waals surface area contributed by atoms with Crippen molar-refractivity contribution in [1.82, 2.24) is 0 Å². The van der Waals surface area contributed by atoms with Gasteiger partial charge in [-0.05, 0) is 19.3 Å². The largest absolute Gasteiger partial charge is 0.459 e. The third-order valence-electron chi connectivity index (χ3n) is 6.24. The van der Waals surface area contributed by atoms with Gasteiger partial charge in [-0.25, -0.2) is 9.59 Å². The van der Waals surface area contributed by atoms with E-state index in [1.807, 2.05) is 0 Å². The fourth-order valence-corrected chi connectivity index (χ4v) is 5.05. The molecule has 1 saturated heterocycles. The van der Waals surface area contributed by atoms with Gasteiger partial charge in [0.25, 0.3) is 0 Å². The summed E-state index contributed by atoms with van der Waals surface area (Å²) in [7, 11) is 0. The summed E-state index contributed by atoms with van der Waals surface area (Å²) in [6.45, 7) is 9.05. The van der Waals surface area contributed by atoms with E-state index in [2.05, 4.69) is 13.2 Å². The maximum Gasteiger partial charge on any atom is 0.339 e. The van der Waals surface area contributed by atoms with Gasteiger partial charge in [0.1, 0.15) is 17.8 Å². The molecule has 7 nitrogen and oxygen atoms in total. The van der Waals surface area contributed by atoms with Gasteiger partial charge in [0, 0.05) is 17.9 Å². The average Bonchev–Trinajstić information content (AvgIpc) is 3.04. The van der Waals surface area contributed by atoms with Crippen LogP contribution in [-0.2, 0) is 19.1 Å². The second-order valence-corrected chi connectivity index (χ2v) is 8.68. The van der Waals surface area contributed by atoms with Crippen molar-refractivity contribution in [2.24, 2.45) is 17.8 Å². The molecule has 156 valence electrons. The number of esters is 2. The molecular formula is C19H24Cl2O7. The van der Waals surface area contributed by atoms with E-state index in [0.29, 0.717) is 5.57 Å². The van der Waals surface area contributed by atoms with Crippen LogP contribution in [-0.4, -0.2) is 68.5 Å². The van der Waals surface area contributed by atoms with Gasteiger partial charge in [-0.15, -0.1) is 23.2 Å². The first-order valence-corrected chi connectivity index (χ1v) is 10.1. The summed E-state index contributed by atoms with van der Waals surface area (Å²) in [5.74, 6) is -4.11. The number of hydrogen-bond donors (Lipinski definition) is 3. The number of alkyl halides is 2. The number of halogens is 2. The van der Waals surface area contributed by atoms with Crippen molar-refractivity contribution >= 4 is 35.1 Å². The number of carbonyl (C=O) groups is 2. The maximum atomic E-state index is 12.4. The van der Waals surface area contributed by atoms with E-state index in [-0.39, 0.29) is 36.1 Å². The molecule has 1 heterocycles. The van der Waals surface area contributed by atoms with E-state index in [1.54, 1.807) is 0 Å². The summed E-state index contributed by atoms with van der Waals surface area (Å²) in [6.07, 6.45) is -2.54. The van der Waals surface area contributed by atoms with Gasteiger partial charge < -0.3 is 24.8 Å². The molecule has 2 saturated carbocycles. The summed E-state index contributed by atoms with van der Waals surface area (Å²) < 4.78 is 11.0. The molecule has 0 aromatic heterocycles. The van der Waals surface area contributed by atoms with E-state index < -0.39 is 53.3 Å². The predicted octanol–water partition coefficient (Wildman–Crippen LogP) is 0.913. The van der Waals surface area contributed by atoms with Crippen LogP contribution >= 0.6 is 23.2 Å². The zero-order valence-corrected chi connectivity index (χ0v) is 16.9. The van der Waals surface area contributed by atoms with Crippen molar-refractivity contribution in [3.05, 3.63) is 24.3 Å². The van der Waals surface area contributed by atoms with E-state index in [9.17, 15) is 24.9 Å². The zero-order chi connectivity index (χ0) is 21.0. The molecular weight excluding hydrogens is 411 g/mol. The molecule has 1 aliphatic heterocycles. The Morgan fingerprint density at radius 1 is 1.43 bits per heavy atom. The Morgan fingerprint density at radius 2 is 2.07 bits per heavy atom. The van der Waals surface area contributed by atoms with Crippen molar-refractivity contribution in [3.63, 3.8) is 0 Å². The van der Waals surface area contributed by atoms with Crippen LogP contribution in [0.15, 0.2) is 24.3 Å². The molecule has 9 heteroatoms. The normalized spacial score (nSPS) is 42.3. The van der Waals surface area contributed by atoms with Gasteiger partial charge in [-0.3, -0.25) is 0 Å². The zero-order valence-electron chi connectivity index (χ0n) is 15.4. The molecule has 3 N–H and O–H groups in total. The molecule has 0 amide bonds. The number of aliphatic hydroxyl groups excluding tert-OH is 1. The third kappa shape index (κ3) is 3.17. The van der Waals surface area contributed by atoms with Crippen LogP contribution in [0, 0.1) is 17.8 Å². The first-order chi connectivity index (χ1) is 13.0. The van der Waals surface area contributed by atoms with Crippen molar-refractivity contribution in [1.29, 1.82) is 0 Å². The van der Waals surface area contributed by atoms with Gasteiger partial charge in [0.15, 0.2) is 5.60 Å². The lowest BCUT2D eigenvalue weighted by atomic mass is 9.76. The van der Waals surface area contributed by atoms with E-state index in [4.69, 9.17) is 32.7 Å². The Bertz CT molecular complexity index is 721. The minimum Gasteiger partial charge on any atom is -0.459 e. The molecule has 0 aromatic rings. The smallest absolute Gasteiger partial charge is 0.339 e. The number of hydrogen-bond acceptors (Lipinski definition) is 7. The maximum absolute atomic E-state index is 12.4. The topological polar surface area (TPSA) is 113 Å². The molecule has 3 fully saturated rings. The van der Waals surface area contributed by atoms with Crippen LogP contribution in [0.1, 0.15) is 19.8 Å².